The van der Waals surface area contributed by atoms with Crippen LogP contribution in [0.3, 0.4) is 0 Å². The van der Waals surface area contributed by atoms with E-state index < -0.39 is 10.0 Å². The minimum atomic E-state index is -3.76. The molecule has 1 heterocycles. The molecule has 1 aromatic heterocycles. The number of furan rings is 1. The molecule has 1 amide bonds. The summed E-state index contributed by atoms with van der Waals surface area (Å²) in [5.74, 6) is -0.117. The van der Waals surface area contributed by atoms with Crippen molar-refractivity contribution in [1.82, 2.24) is 4.72 Å². The molecule has 146 valence electrons. The number of nitrogens with one attached hydrogen (secondary N) is 2. The third kappa shape index (κ3) is 7.08. The van der Waals surface area contributed by atoms with Crippen LogP contribution in [0.25, 0.3) is 0 Å². The van der Waals surface area contributed by atoms with Gasteiger partial charge in [-0.15, -0.1) is 11.8 Å². The number of carbonyl (C=O) groups is 2. The average molecular weight is 412 g/mol. The molecular formula is C17H20N2O6S2. The zero-order valence-electron chi connectivity index (χ0n) is 14.6. The lowest BCUT2D eigenvalue weighted by Gasteiger charge is -2.09. The first kappa shape index (κ1) is 21.0. The highest BCUT2D eigenvalue weighted by atomic mass is 32.2. The normalized spacial score (nSPS) is 11.1. The SMILES string of the molecule is CCOC(=O)CSCC(=O)Nc1cccc(S(=O)(=O)NCc2ccco2)c1. The van der Waals surface area contributed by atoms with Gasteiger partial charge >= 0.3 is 5.97 Å². The fourth-order valence-electron chi connectivity index (χ4n) is 2.03. The van der Waals surface area contributed by atoms with Crippen LogP contribution in [0.15, 0.2) is 52.0 Å². The number of esters is 1. The van der Waals surface area contributed by atoms with E-state index in [4.69, 9.17) is 9.15 Å². The Morgan fingerprint density at radius 1 is 1.19 bits per heavy atom. The topological polar surface area (TPSA) is 115 Å². The molecular weight excluding hydrogens is 392 g/mol. The Balaban J connectivity index is 1.90. The van der Waals surface area contributed by atoms with Crippen LogP contribution in [0.5, 0.6) is 0 Å². The molecule has 2 aromatic rings. The Kier molecular flexibility index (Phi) is 7.89. The van der Waals surface area contributed by atoms with E-state index in [0.717, 1.165) is 11.8 Å². The quantitative estimate of drug-likeness (QED) is 0.574. The van der Waals surface area contributed by atoms with E-state index in [2.05, 4.69) is 10.0 Å². The predicted octanol–water partition coefficient (Wildman–Crippen LogP) is 1.99. The van der Waals surface area contributed by atoms with E-state index in [1.807, 2.05) is 0 Å². The summed E-state index contributed by atoms with van der Waals surface area (Å²) in [7, 11) is -3.76. The van der Waals surface area contributed by atoms with Gasteiger partial charge in [-0.1, -0.05) is 6.07 Å². The highest BCUT2D eigenvalue weighted by molar-refractivity contribution is 8.00. The largest absolute Gasteiger partial charge is 0.468 e. The van der Waals surface area contributed by atoms with Gasteiger partial charge in [-0.05, 0) is 37.3 Å². The second-order valence-electron chi connectivity index (χ2n) is 5.28. The summed E-state index contributed by atoms with van der Waals surface area (Å²) in [6.45, 7) is 2.02. The molecule has 0 aliphatic rings. The van der Waals surface area contributed by atoms with Crippen LogP contribution in [0.1, 0.15) is 12.7 Å². The Morgan fingerprint density at radius 2 is 2.00 bits per heavy atom. The van der Waals surface area contributed by atoms with Crippen LogP contribution in [0.2, 0.25) is 0 Å². The zero-order chi connectivity index (χ0) is 19.7. The molecule has 0 aliphatic carbocycles. The maximum atomic E-state index is 12.4. The molecule has 0 bridgehead atoms. The molecule has 1 aromatic carbocycles. The van der Waals surface area contributed by atoms with E-state index in [9.17, 15) is 18.0 Å². The summed E-state index contributed by atoms with van der Waals surface area (Å²) in [6, 6.07) is 9.23. The summed E-state index contributed by atoms with van der Waals surface area (Å²) in [5.41, 5.74) is 0.345. The molecule has 2 N–H and O–H groups in total. The van der Waals surface area contributed by atoms with Crippen molar-refractivity contribution >= 4 is 39.3 Å². The summed E-state index contributed by atoms with van der Waals surface area (Å²) in [4.78, 5) is 23.2. The van der Waals surface area contributed by atoms with Gasteiger partial charge in [0.25, 0.3) is 0 Å². The number of amides is 1. The van der Waals surface area contributed by atoms with Crippen LogP contribution in [-0.2, 0) is 30.9 Å². The predicted molar refractivity (Wildman–Crippen MR) is 102 cm³/mol. The first-order valence-corrected chi connectivity index (χ1v) is 10.7. The molecule has 10 heteroatoms. The Hall–Kier alpha value is -2.30. The van der Waals surface area contributed by atoms with Crippen LogP contribution in [0, 0.1) is 0 Å². The molecule has 8 nitrogen and oxygen atoms in total. The molecule has 27 heavy (non-hydrogen) atoms. The first-order valence-electron chi connectivity index (χ1n) is 8.06. The van der Waals surface area contributed by atoms with E-state index in [1.165, 1.54) is 24.5 Å². The molecule has 0 radical (unpaired) electrons. The van der Waals surface area contributed by atoms with Gasteiger partial charge in [0.15, 0.2) is 0 Å². The number of benzene rings is 1. The lowest BCUT2D eigenvalue weighted by atomic mass is 10.3. The van der Waals surface area contributed by atoms with Crippen molar-refractivity contribution in [1.29, 1.82) is 0 Å². The van der Waals surface area contributed by atoms with Crippen LogP contribution >= 0.6 is 11.8 Å². The van der Waals surface area contributed by atoms with Gasteiger partial charge < -0.3 is 14.5 Å². The fourth-order valence-corrected chi connectivity index (χ4v) is 3.68. The third-order valence-electron chi connectivity index (χ3n) is 3.20. The monoisotopic (exact) mass is 412 g/mol. The molecule has 0 atom stereocenters. The molecule has 0 unspecified atom stereocenters. The Labute approximate surface area is 161 Å². The summed E-state index contributed by atoms with van der Waals surface area (Å²) in [6.07, 6.45) is 1.46. The number of hydrogen-bond donors (Lipinski definition) is 2. The smallest absolute Gasteiger partial charge is 0.315 e. The number of thioether (sulfide) groups is 1. The van der Waals surface area contributed by atoms with Gasteiger partial charge in [0.1, 0.15) is 5.76 Å². The second-order valence-corrected chi connectivity index (χ2v) is 8.03. The lowest BCUT2D eigenvalue weighted by Crippen LogP contribution is -2.23. The number of sulfonamides is 1. The van der Waals surface area contributed by atoms with Crippen LogP contribution in [-0.4, -0.2) is 38.4 Å². The van der Waals surface area contributed by atoms with E-state index >= 15 is 0 Å². The summed E-state index contributed by atoms with van der Waals surface area (Å²) in [5, 5.41) is 2.61. The van der Waals surface area contributed by atoms with E-state index in [0.29, 0.717) is 18.1 Å². The van der Waals surface area contributed by atoms with Gasteiger partial charge in [0.2, 0.25) is 15.9 Å². The van der Waals surface area contributed by atoms with Gasteiger partial charge in [0.05, 0.1) is 35.8 Å². The van der Waals surface area contributed by atoms with Crippen molar-refractivity contribution in [2.75, 3.05) is 23.4 Å². The van der Waals surface area contributed by atoms with Crippen molar-refractivity contribution in [2.24, 2.45) is 0 Å². The molecule has 0 fully saturated rings. The van der Waals surface area contributed by atoms with Crippen LogP contribution in [0.4, 0.5) is 5.69 Å². The first-order chi connectivity index (χ1) is 12.9. The van der Waals surface area contributed by atoms with Gasteiger partial charge in [-0.25, -0.2) is 13.1 Å². The second kappa shape index (κ2) is 10.1. The Morgan fingerprint density at radius 3 is 2.70 bits per heavy atom. The number of ether oxygens (including phenoxy) is 1. The van der Waals surface area contributed by atoms with Crippen molar-refractivity contribution in [2.45, 2.75) is 18.4 Å². The van der Waals surface area contributed by atoms with Crippen molar-refractivity contribution < 1.29 is 27.2 Å². The van der Waals surface area contributed by atoms with Crippen molar-refractivity contribution in [3.8, 4) is 0 Å². The zero-order valence-corrected chi connectivity index (χ0v) is 16.3. The van der Waals surface area contributed by atoms with Gasteiger partial charge in [0, 0.05) is 5.69 Å². The minimum Gasteiger partial charge on any atom is -0.468 e. The molecule has 0 spiro atoms. The minimum absolute atomic E-state index is 0.0195. The highest BCUT2D eigenvalue weighted by Gasteiger charge is 2.15. The highest BCUT2D eigenvalue weighted by Crippen LogP contribution is 2.16. The van der Waals surface area contributed by atoms with E-state index in [1.54, 1.807) is 25.1 Å². The van der Waals surface area contributed by atoms with Crippen molar-refractivity contribution in [3.05, 3.63) is 48.4 Å². The third-order valence-corrected chi connectivity index (χ3v) is 5.51. The summed E-state index contributed by atoms with van der Waals surface area (Å²) < 4.78 is 37.0. The van der Waals surface area contributed by atoms with Crippen LogP contribution < -0.4 is 10.0 Å². The number of hydrogen-bond acceptors (Lipinski definition) is 7. The summed E-state index contributed by atoms with van der Waals surface area (Å²) >= 11 is 1.12. The van der Waals surface area contributed by atoms with Gasteiger partial charge in [-0.3, -0.25) is 9.59 Å². The molecule has 0 saturated heterocycles. The number of carbonyl (C=O) groups excluding carboxylic acids is 2. The lowest BCUT2D eigenvalue weighted by molar-refractivity contribution is -0.139. The molecule has 0 saturated carbocycles. The fraction of sp³-hybridized carbons (Fsp3) is 0.294. The standard InChI is InChI=1S/C17H20N2O6S2/c1-2-24-17(21)12-26-11-16(20)19-13-5-3-7-15(9-13)27(22,23)18-10-14-6-4-8-25-14/h3-9,18H,2,10-12H2,1H3,(H,19,20). The number of anilines is 1. The van der Waals surface area contributed by atoms with Crippen molar-refractivity contribution in [3.63, 3.8) is 0 Å². The molecule has 0 aliphatic heterocycles. The maximum Gasteiger partial charge on any atom is 0.315 e. The van der Waals surface area contributed by atoms with E-state index in [-0.39, 0.29) is 34.8 Å². The Bertz CT molecular complexity index is 865. The number of rotatable bonds is 10. The molecule has 2 rings (SSSR count). The van der Waals surface area contributed by atoms with Gasteiger partial charge in [-0.2, -0.15) is 0 Å². The maximum absolute atomic E-state index is 12.4. The average Bonchev–Trinajstić information content (AvgIpc) is 3.14.